The Bertz CT molecular complexity index is 811. The number of amides is 1. The molecule has 1 aliphatic carbocycles. The number of rotatable bonds is 3. The van der Waals surface area contributed by atoms with Crippen molar-refractivity contribution in [1.82, 2.24) is 4.90 Å². The molecule has 0 aliphatic heterocycles. The number of halogens is 2. The summed E-state index contributed by atoms with van der Waals surface area (Å²) in [4.78, 5) is 14.3. The maximum atomic E-state index is 13.8. The van der Waals surface area contributed by atoms with Gasteiger partial charge in [0.15, 0.2) is 0 Å². The number of nitrogens with zero attached hydrogens (tertiary/aromatic N) is 2. The third-order valence-electron chi connectivity index (χ3n) is 4.81. The van der Waals surface area contributed by atoms with Crippen molar-refractivity contribution in [3.8, 4) is 17.2 Å². The van der Waals surface area contributed by atoms with Crippen LogP contribution in [0.15, 0.2) is 36.4 Å². The molecule has 0 radical (unpaired) electrons. The van der Waals surface area contributed by atoms with Crippen molar-refractivity contribution in [1.29, 1.82) is 5.26 Å². The molecule has 2 aromatic carbocycles. The van der Waals surface area contributed by atoms with Crippen LogP contribution >= 0.6 is 0 Å². The third-order valence-corrected chi connectivity index (χ3v) is 4.81. The lowest BCUT2D eigenvalue weighted by molar-refractivity contribution is 0.0735. The van der Waals surface area contributed by atoms with Crippen LogP contribution < -0.4 is 0 Å². The van der Waals surface area contributed by atoms with E-state index in [1.54, 1.807) is 29.2 Å². The predicted molar refractivity (Wildman–Crippen MR) is 90.9 cm³/mol. The van der Waals surface area contributed by atoms with Gasteiger partial charge in [0.1, 0.15) is 23.3 Å². The minimum atomic E-state index is -0.890. The second kappa shape index (κ2) is 7.02. The van der Waals surface area contributed by atoms with E-state index >= 15 is 0 Å². The first-order valence-corrected chi connectivity index (χ1v) is 8.28. The van der Waals surface area contributed by atoms with Crippen molar-refractivity contribution in [3.05, 3.63) is 59.2 Å². The van der Waals surface area contributed by atoms with Gasteiger partial charge in [-0.25, -0.2) is 8.78 Å². The van der Waals surface area contributed by atoms with Crippen LogP contribution in [0.1, 0.15) is 41.6 Å². The lowest BCUT2D eigenvalue weighted by Gasteiger charge is -2.24. The Labute approximate surface area is 145 Å². The molecular weight excluding hydrogens is 322 g/mol. The molecule has 5 heteroatoms. The Morgan fingerprint density at radius 3 is 2.16 bits per heavy atom. The minimum Gasteiger partial charge on any atom is -0.339 e. The van der Waals surface area contributed by atoms with Crippen LogP contribution in [0, 0.1) is 23.0 Å². The molecule has 0 atom stereocenters. The molecule has 1 saturated carbocycles. The fourth-order valence-electron chi connectivity index (χ4n) is 3.31. The van der Waals surface area contributed by atoms with Gasteiger partial charge >= 0.3 is 0 Å². The van der Waals surface area contributed by atoms with E-state index in [0.29, 0.717) is 16.7 Å². The van der Waals surface area contributed by atoms with E-state index in [0.717, 1.165) is 37.8 Å². The fourth-order valence-corrected chi connectivity index (χ4v) is 3.31. The smallest absolute Gasteiger partial charge is 0.253 e. The highest BCUT2D eigenvalue weighted by atomic mass is 19.1. The second-order valence-electron chi connectivity index (χ2n) is 6.36. The number of hydrogen-bond donors (Lipinski definition) is 0. The predicted octanol–water partition coefficient (Wildman–Crippen LogP) is 4.52. The average molecular weight is 340 g/mol. The molecule has 0 spiro atoms. The Hall–Kier alpha value is -2.74. The summed E-state index contributed by atoms with van der Waals surface area (Å²) in [5, 5.41) is 8.73. The van der Waals surface area contributed by atoms with Gasteiger partial charge in [0, 0.05) is 18.7 Å². The largest absolute Gasteiger partial charge is 0.339 e. The van der Waals surface area contributed by atoms with E-state index in [2.05, 4.69) is 0 Å². The molecule has 0 heterocycles. The molecule has 25 heavy (non-hydrogen) atoms. The topological polar surface area (TPSA) is 44.1 Å². The first-order chi connectivity index (χ1) is 12.0. The van der Waals surface area contributed by atoms with Gasteiger partial charge in [0.25, 0.3) is 5.91 Å². The number of nitriles is 1. The quantitative estimate of drug-likeness (QED) is 0.825. The van der Waals surface area contributed by atoms with Crippen molar-refractivity contribution in [2.24, 2.45) is 0 Å². The molecule has 1 fully saturated rings. The summed E-state index contributed by atoms with van der Waals surface area (Å²) in [6.07, 6.45) is 4.36. The molecule has 128 valence electrons. The Kier molecular flexibility index (Phi) is 4.80. The zero-order valence-electron chi connectivity index (χ0n) is 13.9. The minimum absolute atomic E-state index is 0.0457. The Morgan fingerprint density at radius 1 is 1.08 bits per heavy atom. The van der Waals surface area contributed by atoms with Crippen LogP contribution in [0.5, 0.6) is 0 Å². The lowest BCUT2D eigenvalue weighted by Crippen LogP contribution is -2.35. The van der Waals surface area contributed by atoms with E-state index in [1.807, 2.05) is 7.05 Å². The second-order valence-corrected chi connectivity index (χ2v) is 6.36. The molecule has 3 rings (SSSR count). The molecular formula is C20H18F2N2O. The normalized spacial score (nSPS) is 14.3. The van der Waals surface area contributed by atoms with Crippen molar-refractivity contribution in [2.45, 2.75) is 31.7 Å². The SMILES string of the molecule is CN(C(=O)c1ccc(-c2cc(F)c(C#N)c(F)c2)cc1)C1CCCC1. The molecule has 0 aromatic heterocycles. The molecule has 0 bridgehead atoms. The zero-order chi connectivity index (χ0) is 18.0. The average Bonchev–Trinajstić information content (AvgIpc) is 3.15. The monoisotopic (exact) mass is 340 g/mol. The summed E-state index contributed by atoms with van der Waals surface area (Å²) in [6.45, 7) is 0. The van der Waals surface area contributed by atoms with Gasteiger partial charge in [-0.1, -0.05) is 25.0 Å². The van der Waals surface area contributed by atoms with Gasteiger partial charge < -0.3 is 4.90 Å². The summed E-state index contributed by atoms with van der Waals surface area (Å²) in [6, 6.07) is 10.7. The number of benzene rings is 2. The fraction of sp³-hybridized carbons (Fsp3) is 0.300. The summed E-state index contributed by atoms with van der Waals surface area (Å²) in [5.74, 6) is -1.83. The molecule has 1 amide bonds. The van der Waals surface area contributed by atoms with Crippen molar-refractivity contribution < 1.29 is 13.6 Å². The van der Waals surface area contributed by atoms with Gasteiger partial charge in [-0.05, 0) is 48.2 Å². The maximum absolute atomic E-state index is 13.8. The van der Waals surface area contributed by atoms with Crippen LogP contribution in [0.2, 0.25) is 0 Å². The molecule has 0 saturated heterocycles. The molecule has 1 aliphatic rings. The summed E-state index contributed by atoms with van der Waals surface area (Å²) < 4.78 is 27.5. The van der Waals surface area contributed by atoms with E-state index in [9.17, 15) is 13.6 Å². The van der Waals surface area contributed by atoms with E-state index in [1.165, 1.54) is 6.07 Å². The number of hydrogen-bond acceptors (Lipinski definition) is 2. The Balaban J connectivity index is 1.83. The van der Waals surface area contributed by atoms with E-state index in [-0.39, 0.29) is 11.9 Å². The third kappa shape index (κ3) is 3.39. The number of carbonyl (C=O) groups excluding carboxylic acids is 1. The lowest BCUT2D eigenvalue weighted by atomic mass is 10.0. The molecule has 2 aromatic rings. The first kappa shape index (κ1) is 17.1. The van der Waals surface area contributed by atoms with Crippen molar-refractivity contribution in [2.75, 3.05) is 7.05 Å². The molecule has 0 N–H and O–H groups in total. The molecule has 0 unspecified atom stereocenters. The summed E-state index contributed by atoms with van der Waals surface area (Å²) >= 11 is 0. The van der Waals surface area contributed by atoms with Crippen LogP contribution in [-0.2, 0) is 0 Å². The highest BCUT2D eigenvalue weighted by Gasteiger charge is 2.24. The highest BCUT2D eigenvalue weighted by molar-refractivity contribution is 5.94. The standard InChI is InChI=1S/C20H18F2N2O/c1-24(16-4-2-3-5-16)20(25)14-8-6-13(7-9-14)15-10-18(21)17(12-23)19(22)11-15/h6-11,16H,2-5H2,1H3. The van der Waals surface area contributed by atoms with Crippen LogP contribution in [-0.4, -0.2) is 23.9 Å². The first-order valence-electron chi connectivity index (χ1n) is 8.28. The van der Waals surface area contributed by atoms with E-state index < -0.39 is 17.2 Å². The zero-order valence-corrected chi connectivity index (χ0v) is 13.9. The molecule has 3 nitrogen and oxygen atoms in total. The summed E-state index contributed by atoms with van der Waals surface area (Å²) in [7, 11) is 1.82. The van der Waals surface area contributed by atoms with E-state index in [4.69, 9.17) is 5.26 Å². The van der Waals surface area contributed by atoms with Crippen molar-refractivity contribution >= 4 is 5.91 Å². The Morgan fingerprint density at radius 2 is 1.64 bits per heavy atom. The van der Waals surface area contributed by atoms with Gasteiger partial charge in [-0.2, -0.15) is 5.26 Å². The van der Waals surface area contributed by atoms with Gasteiger partial charge in [-0.15, -0.1) is 0 Å². The van der Waals surface area contributed by atoms with Crippen LogP contribution in [0.4, 0.5) is 8.78 Å². The van der Waals surface area contributed by atoms with Gasteiger partial charge in [-0.3, -0.25) is 4.79 Å². The van der Waals surface area contributed by atoms with Gasteiger partial charge in [0.05, 0.1) is 0 Å². The number of carbonyl (C=O) groups is 1. The van der Waals surface area contributed by atoms with Crippen molar-refractivity contribution in [3.63, 3.8) is 0 Å². The highest BCUT2D eigenvalue weighted by Crippen LogP contribution is 2.26. The van der Waals surface area contributed by atoms with Gasteiger partial charge in [0.2, 0.25) is 0 Å². The van der Waals surface area contributed by atoms with Crippen LogP contribution in [0.3, 0.4) is 0 Å². The maximum Gasteiger partial charge on any atom is 0.253 e. The summed E-state index contributed by atoms with van der Waals surface area (Å²) in [5.41, 5.74) is 0.876. The van der Waals surface area contributed by atoms with Crippen LogP contribution in [0.25, 0.3) is 11.1 Å².